The van der Waals surface area contributed by atoms with E-state index in [-0.39, 0.29) is 0 Å². The summed E-state index contributed by atoms with van der Waals surface area (Å²) in [6, 6.07) is 8.30. The van der Waals surface area contributed by atoms with Gasteiger partial charge >= 0.3 is 0 Å². The molecule has 1 fully saturated rings. The van der Waals surface area contributed by atoms with Gasteiger partial charge in [0.05, 0.1) is 6.61 Å². The third kappa shape index (κ3) is 3.85. The van der Waals surface area contributed by atoms with Gasteiger partial charge in [0.15, 0.2) is 0 Å². The molecule has 1 aromatic rings. The molecule has 0 aromatic heterocycles. The van der Waals surface area contributed by atoms with Crippen LogP contribution in [0.1, 0.15) is 32.1 Å². The van der Waals surface area contributed by atoms with Crippen LogP contribution in [0.15, 0.2) is 24.3 Å². The second-order valence-electron chi connectivity index (χ2n) is 4.94. The summed E-state index contributed by atoms with van der Waals surface area (Å²) in [7, 11) is 0. The van der Waals surface area contributed by atoms with Gasteiger partial charge in [-0.15, -0.1) is 0 Å². The lowest BCUT2D eigenvalue weighted by atomic mass is 9.76. The van der Waals surface area contributed by atoms with Crippen molar-refractivity contribution in [2.24, 2.45) is 5.41 Å². The van der Waals surface area contributed by atoms with Crippen LogP contribution >= 0.6 is 38.5 Å². The van der Waals surface area contributed by atoms with Crippen molar-refractivity contribution in [3.63, 3.8) is 0 Å². The van der Waals surface area contributed by atoms with Gasteiger partial charge < -0.3 is 4.74 Å². The molecular weight excluding hydrogens is 391 g/mol. The minimum Gasteiger partial charge on any atom is -0.493 e. The van der Waals surface area contributed by atoms with Crippen molar-refractivity contribution >= 4 is 38.5 Å². The predicted octanol–water partition coefficient (Wildman–Crippen LogP) is 5.02. The maximum atomic E-state index is 5.99. The van der Waals surface area contributed by atoms with E-state index >= 15 is 0 Å². The second kappa shape index (κ2) is 6.41. The zero-order valence-corrected chi connectivity index (χ0v) is 13.7. The van der Waals surface area contributed by atoms with Crippen molar-refractivity contribution in [3.8, 4) is 5.75 Å². The summed E-state index contributed by atoms with van der Waals surface area (Å²) in [5.41, 5.74) is 0.361. The SMILES string of the molecule is BrCC1(COc2cccc(I)c2)CCCCC1. The summed E-state index contributed by atoms with van der Waals surface area (Å²) in [4.78, 5) is 0. The highest BCUT2D eigenvalue weighted by Crippen LogP contribution is 2.38. The van der Waals surface area contributed by atoms with Gasteiger partial charge in [-0.25, -0.2) is 0 Å². The number of hydrogen-bond donors (Lipinski definition) is 0. The number of halogens is 2. The molecule has 0 heterocycles. The van der Waals surface area contributed by atoms with Crippen LogP contribution in [0.3, 0.4) is 0 Å². The maximum absolute atomic E-state index is 5.99. The Bertz CT molecular complexity index is 361. The topological polar surface area (TPSA) is 9.23 Å². The first-order valence-electron chi connectivity index (χ1n) is 6.18. The van der Waals surface area contributed by atoms with Crippen LogP contribution in [0.4, 0.5) is 0 Å². The van der Waals surface area contributed by atoms with Crippen molar-refractivity contribution in [2.75, 3.05) is 11.9 Å². The monoisotopic (exact) mass is 408 g/mol. The fourth-order valence-electron chi connectivity index (χ4n) is 2.41. The Hall–Kier alpha value is 0.230. The molecule has 0 amide bonds. The molecule has 1 nitrogen and oxygen atoms in total. The lowest BCUT2D eigenvalue weighted by Gasteiger charge is -2.35. The first kappa shape index (κ1) is 13.7. The van der Waals surface area contributed by atoms with Gasteiger partial charge in [0, 0.05) is 14.3 Å². The highest BCUT2D eigenvalue weighted by atomic mass is 127. The van der Waals surface area contributed by atoms with Gasteiger partial charge in [-0.05, 0) is 53.6 Å². The van der Waals surface area contributed by atoms with E-state index in [2.05, 4.69) is 56.7 Å². The van der Waals surface area contributed by atoms with E-state index in [1.54, 1.807) is 0 Å². The summed E-state index contributed by atoms with van der Waals surface area (Å²) < 4.78 is 7.22. The van der Waals surface area contributed by atoms with Crippen molar-refractivity contribution in [3.05, 3.63) is 27.8 Å². The van der Waals surface area contributed by atoms with Crippen LogP contribution in [-0.2, 0) is 0 Å². The zero-order valence-electron chi connectivity index (χ0n) is 9.92. The molecule has 2 rings (SSSR count). The van der Waals surface area contributed by atoms with Gasteiger partial charge in [-0.1, -0.05) is 41.3 Å². The molecule has 0 radical (unpaired) electrons. The summed E-state index contributed by atoms with van der Waals surface area (Å²) in [5.74, 6) is 1.00. The molecule has 1 aliphatic rings. The predicted molar refractivity (Wildman–Crippen MR) is 84.0 cm³/mol. The average molecular weight is 409 g/mol. The molecule has 1 aromatic carbocycles. The van der Waals surface area contributed by atoms with Crippen LogP contribution in [0.25, 0.3) is 0 Å². The molecule has 94 valence electrons. The maximum Gasteiger partial charge on any atom is 0.120 e. The van der Waals surface area contributed by atoms with Gasteiger partial charge in [-0.2, -0.15) is 0 Å². The van der Waals surface area contributed by atoms with Crippen molar-refractivity contribution in [1.82, 2.24) is 0 Å². The van der Waals surface area contributed by atoms with Crippen LogP contribution in [0.2, 0.25) is 0 Å². The molecule has 0 unspecified atom stereocenters. The highest BCUT2D eigenvalue weighted by molar-refractivity contribution is 14.1. The van der Waals surface area contributed by atoms with E-state index in [0.29, 0.717) is 5.41 Å². The highest BCUT2D eigenvalue weighted by Gasteiger charge is 2.31. The molecule has 0 bridgehead atoms. The Balaban J connectivity index is 1.95. The Morgan fingerprint density at radius 3 is 2.65 bits per heavy atom. The Morgan fingerprint density at radius 2 is 2.00 bits per heavy atom. The van der Waals surface area contributed by atoms with Gasteiger partial charge in [0.2, 0.25) is 0 Å². The third-order valence-electron chi connectivity index (χ3n) is 3.54. The molecular formula is C14H18BrIO. The fourth-order valence-corrected chi connectivity index (χ4v) is 3.65. The average Bonchev–Trinajstić information content (AvgIpc) is 2.38. The minimum atomic E-state index is 0.361. The molecule has 0 spiro atoms. The van der Waals surface area contributed by atoms with E-state index in [9.17, 15) is 0 Å². The van der Waals surface area contributed by atoms with Crippen LogP contribution in [0.5, 0.6) is 5.75 Å². The minimum absolute atomic E-state index is 0.361. The lowest BCUT2D eigenvalue weighted by molar-refractivity contribution is 0.122. The smallest absolute Gasteiger partial charge is 0.120 e. The summed E-state index contributed by atoms with van der Waals surface area (Å²) in [6.45, 7) is 0.846. The van der Waals surface area contributed by atoms with E-state index < -0.39 is 0 Å². The molecule has 0 aliphatic heterocycles. The summed E-state index contributed by atoms with van der Waals surface area (Å²) >= 11 is 6.00. The Labute approximate surface area is 126 Å². The van der Waals surface area contributed by atoms with Crippen LogP contribution in [-0.4, -0.2) is 11.9 Å². The zero-order chi connectivity index (χ0) is 12.1. The van der Waals surface area contributed by atoms with Gasteiger partial charge in [-0.3, -0.25) is 0 Å². The van der Waals surface area contributed by atoms with Crippen molar-refractivity contribution < 1.29 is 4.74 Å². The van der Waals surface area contributed by atoms with Crippen LogP contribution < -0.4 is 4.74 Å². The summed E-state index contributed by atoms with van der Waals surface area (Å²) in [5, 5.41) is 1.06. The second-order valence-corrected chi connectivity index (χ2v) is 6.75. The first-order chi connectivity index (χ1) is 8.24. The quantitative estimate of drug-likeness (QED) is 0.502. The Morgan fingerprint density at radius 1 is 1.24 bits per heavy atom. The van der Waals surface area contributed by atoms with E-state index in [1.807, 2.05) is 6.07 Å². The molecule has 1 saturated carbocycles. The lowest BCUT2D eigenvalue weighted by Crippen LogP contribution is -2.32. The normalized spacial score (nSPS) is 18.9. The number of rotatable bonds is 4. The standard InChI is InChI=1S/C14H18BrIO/c15-10-14(7-2-1-3-8-14)11-17-13-6-4-5-12(16)9-13/h4-6,9H,1-3,7-8,10-11H2. The van der Waals surface area contributed by atoms with E-state index in [0.717, 1.165) is 17.7 Å². The third-order valence-corrected chi connectivity index (χ3v) is 5.40. The summed E-state index contributed by atoms with van der Waals surface area (Å²) in [6.07, 6.45) is 6.67. The molecule has 0 N–H and O–H groups in total. The number of hydrogen-bond acceptors (Lipinski definition) is 1. The number of alkyl halides is 1. The first-order valence-corrected chi connectivity index (χ1v) is 8.38. The van der Waals surface area contributed by atoms with Crippen LogP contribution in [0, 0.1) is 8.99 Å². The van der Waals surface area contributed by atoms with E-state index in [4.69, 9.17) is 4.74 Å². The molecule has 0 atom stereocenters. The van der Waals surface area contributed by atoms with Crippen molar-refractivity contribution in [2.45, 2.75) is 32.1 Å². The van der Waals surface area contributed by atoms with E-state index in [1.165, 1.54) is 35.7 Å². The molecule has 3 heteroatoms. The van der Waals surface area contributed by atoms with Crippen molar-refractivity contribution in [1.29, 1.82) is 0 Å². The number of ether oxygens (including phenoxy) is 1. The largest absolute Gasteiger partial charge is 0.493 e. The molecule has 17 heavy (non-hydrogen) atoms. The van der Waals surface area contributed by atoms with Gasteiger partial charge in [0.1, 0.15) is 5.75 Å². The fraction of sp³-hybridized carbons (Fsp3) is 0.571. The van der Waals surface area contributed by atoms with Gasteiger partial charge in [0.25, 0.3) is 0 Å². The Kier molecular flexibility index (Phi) is 5.15. The number of benzene rings is 1. The molecule has 1 aliphatic carbocycles. The molecule has 0 saturated heterocycles.